The summed E-state index contributed by atoms with van der Waals surface area (Å²) in [6.07, 6.45) is -0.340. The van der Waals surface area contributed by atoms with Gasteiger partial charge in [-0.2, -0.15) is 0 Å². The van der Waals surface area contributed by atoms with Gasteiger partial charge in [0.15, 0.2) is 0 Å². The minimum Gasteiger partial charge on any atom is -0.495 e. The first-order chi connectivity index (χ1) is 5.57. The lowest BCUT2D eigenvalue weighted by molar-refractivity contribution is 0.411. The Kier molecular flexibility index (Phi) is 1.12. The van der Waals surface area contributed by atoms with Crippen molar-refractivity contribution in [1.29, 1.82) is 0 Å². The third-order valence-electron chi connectivity index (χ3n) is 0.783. The average molecular weight is 191 g/mol. The Balaban J connectivity index is 3.42. The van der Waals surface area contributed by atoms with Gasteiger partial charge in [-0.25, -0.2) is 0 Å². The quantitative estimate of drug-likeness (QED) is 0.675. The van der Waals surface area contributed by atoms with Crippen LogP contribution in [-0.4, -0.2) is 12.1 Å². The Morgan fingerprint density at radius 1 is 1.89 bits per heavy atom. The molecule has 0 aliphatic rings. The Bertz CT molecular complexity index is 292. The van der Waals surface area contributed by atoms with Gasteiger partial charge in [0.1, 0.15) is 5.75 Å². The summed E-state index contributed by atoms with van der Waals surface area (Å²) in [5, 5.41) is 0. The molecule has 1 aromatic heterocycles. The molecule has 0 aliphatic carbocycles. The molecule has 1 aromatic rings. The van der Waals surface area contributed by atoms with Crippen molar-refractivity contribution in [2.24, 2.45) is 0 Å². The Morgan fingerprint density at radius 3 is 3.33 bits per heavy atom. The van der Waals surface area contributed by atoms with E-state index in [-0.39, 0.29) is 24.1 Å². The predicted octanol–water partition coefficient (Wildman–Crippen LogP) is 1.85. The first-order valence-corrected chi connectivity index (χ1v) is 3.04. The molecular weight excluding hydrogens is 182 g/mol. The van der Waals surface area contributed by atoms with Gasteiger partial charge >= 0.3 is 0 Å². The maximum atomic E-state index is 7.34. The largest absolute Gasteiger partial charge is 0.495 e. The molecule has 0 amide bonds. The normalized spacial score (nSPS) is 13.8. The van der Waals surface area contributed by atoms with Crippen molar-refractivity contribution < 1.29 is 8.85 Å². The molecule has 48 valence electrons. The smallest absolute Gasteiger partial charge is 0.136 e. The molecule has 2 nitrogen and oxygen atoms in total. The van der Waals surface area contributed by atoms with E-state index in [1.165, 1.54) is 7.11 Å². The van der Waals surface area contributed by atoms with Crippen LogP contribution in [-0.2, 0) is 0 Å². The zero-order valence-electron chi connectivity index (χ0n) is 7.73. The number of ether oxygens (including phenoxy) is 1. The van der Waals surface area contributed by atoms with Gasteiger partial charge in [0, 0.05) is 12.3 Å². The van der Waals surface area contributed by atoms with E-state index in [4.69, 9.17) is 8.85 Å². The number of rotatable bonds is 1. The molecule has 0 unspecified atom stereocenters. The summed E-state index contributed by atoms with van der Waals surface area (Å²) in [7, 11) is 1.39. The summed E-state index contributed by atoms with van der Waals surface area (Å²) < 4.78 is 26.9. The van der Waals surface area contributed by atoms with E-state index in [9.17, 15) is 0 Å². The van der Waals surface area contributed by atoms with E-state index >= 15 is 0 Å². The monoisotopic (exact) mass is 190 g/mol. The SMILES string of the molecule is [2H]c1nc([2H])c(Br)c(OC)c1[2H]. The zero-order chi connectivity index (χ0) is 9.30. The molecule has 0 radical (unpaired) electrons. The molecule has 0 fully saturated rings. The highest BCUT2D eigenvalue weighted by molar-refractivity contribution is 9.10. The van der Waals surface area contributed by atoms with E-state index in [2.05, 4.69) is 20.9 Å². The molecule has 0 saturated heterocycles. The fourth-order valence-electron chi connectivity index (χ4n) is 0.402. The van der Waals surface area contributed by atoms with Gasteiger partial charge in [-0.15, -0.1) is 0 Å². The van der Waals surface area contributed by atoms with Crippen LogP contribution in [0.2, 0.25) is 0 Å². The van der Waals surface area contributed by atoms with Crippen LogP contribution in [0, 0.1) is 0 Å². The molecule has 0 aromatic carbocycles. The van der Waals surface area contributed by atoms with Crippen LogP contribution in [0.15, 0.2) is 22.9 Å². The van der Waals surface area contributed by atoms with Crippen LogP contribution in [0.3, 0.4) is 0 Å². The van der Waals surface area contributed by atoms with Gasteiger partial charge in [-0.3, -0.25) is 4.98 Å². The molecule has 1 heterocycles. The van der Waals surface area contributed by atoms with Crippen molar-refractivity contribution >= 4 is 15.9 Å². The summed E-state index contributed by atoms with van der Waals surface area (Å²) in [5.74, 6) is 0.181. The third-order valence-corrected chi connectivity index (χ3v) is 1.32. The second kappa shape index (κ2) is 2.82. The molecule has 0 atom stereocenters. The van der Waals surface area contributed by atoms with Crippen LogP contribution in [0.4, 0.5) is 0 Å². The lowest BCUT2D eigenvalue weighted by Crippen LogP contribution is -1.83. The highest BCUT2D eigenvalue weighted by Crippen LogP contribution is 2.21. The summed E-state index contributed by atoms with van der Waals surface area (Å²) in [6.45, 7) is 0. The minimum atomic E-state index is -0.250. The first kappa shape index (κ1) is 3.56. The van der Waals surface area contributed by atoms with Crippen LogP contribution >= 0.6 is 15.9 Å². The summed E-state index contributed by atoms with van der Waals surface area (Å²) in [5.41, 5.74) is 0. The summed E-state index contributed by atoms with van der Waals surface area (Å²) in [6, 6.07) is -0.111. The number of halogens is 1. The summed E-state index contributed by atoms with van der Waals surface area (Å²) in [4.78, 5) is 3.50. The highest BCUT2D eigenvalue weighted by atomic mass is 79.9. The van der Waals surface area contributed by atoms with Crippen molar-refractivity contribution in [1.82, 2.24) is 4.98 Å². The van der Waals surface area contributed by atoms with Gasteiger partial charge < -0.3 is 4.74 Å². The van der Waals surface area contributed by atoms with Crippen molar-refractivity contribution in [3.63, 3.8) is 0 Å². The van der Waals surface area contributed by atoms with Crippen LogP contribution < -0.4 is 4.74 Å². The maximum Gasteiger partial charge on any atom is 0.136 e. The Hall–Kier alpha value is -0.570. The third kappa shape index (κ3) is 1.42. The molecule has 0 saturated carbocycles. The lowest BCUT2D eigenvalue weighted by Gasteiger charge is -1.98. The predicted molar refractivity (Wildman–Crippen MR) is 38.5 cm³/mol. The van der Waals surface area contributed by atoms with Crippen molar-refractivity contribution in [2.75, 3.05) is 7.11 Å². The van der Waals surface area contributed by atoms with Crippen LogP contribution in [0.5, 0.6) is 5.75 Å². The number of pyridine rings is 1. The van der Waals surface area contributed by atoms with Crippen molar-refractivity contribution in [3.05, 3.63) is 22.9 Å². The van der Waals surface area contributed by atoms with Crippen molar-refractivity contribution in [2.45, 2.75) is 0 Å². The van der Waals surface area contributed by atoms with Gasteiger partial charge in [0.25, 0.3) is 0 Å². The maximum absolute atomic E-state index is 7.34. The molecule has 1 rings (SSSR count). The number of hydrogen-bond donors (Lipinski definition) is 0. The molecular formula is C6H6BrNO. The number of hydrogen-bond acceptors (Lipinski definition) is 2. The van der Waals surface area contributed by atoms with Gasteiger partial charge in [-0.05, 0) is 22.0 Å². The second-order valence-electron chi connectivity index (χ2n) is 1.31. The first-order valence-electron chi connectivity index (χ1n) is 3.75. The Morgan fingerprint density at radius 2 is 2.67 bits per heavy atom. The van der Waals surface area contributed by atoms with E-state index in [0.29, 0.717) is 4.47 Å². The molecule has 0 spiro atoms. The van der Waals surface area contributed by atoms with Gasteiger partial charge in [0.05, 0.1) is 15.7 Å². The average Bonchev–Trinajstić information content (AvgIpc) is 2.02. The van der Waals surface area contributed by atoms with Crippen LogP contribution in [0.1, 0.15) is 4.11 Å². The molecule has 0 bridgehead atoms. The number of nitrogens with zero attached hydrogens (tertiary/aromatic N) is 1. The molecule has 0 aliphatic heterocycles. The highest BCUT2D eigenvalue weighted by Gasteiger charge is 1.94. The summed E-state index contributed by atoms with van der Waals surface area (Å²) >= 11 is 3.05. The number of methoxy groups -OCH3 is 1. The fourth-order valence-corrected chi connectivity index (χ4v) is 0.752. The molecule has 3 heteroatoms. The topological polar surface area (TPSA) is 22.1 Å². The molecule has 9 heavy (non-hydrogen) atoms. The second-order valence-corrected chi connectivity index (χ2v) is 2.10. The molecule has 0 N–H and O–H groups in total. The van der Waals surface area contributed by atoms with Gasteiger partial charge in [-0.1, -0.05) is 0 Å². The fraction of sp³-hybridized carbons (Fsp3) is 0.167. The zero-order valence-corrected chi connectivity index (χ0v) is 6.32. The van der Waals surface area contributed by atoms with E-state index in [1.54, 1.807) is 0 Å². The van der Waals surface area contributed by atoms with Gasteiger partial charge in [0.2, 0.25) is 0 Å². The van der Waals surface area contributed by atoms with E-state index < -0.39 is 0 Å². The van der Waals surface area contributed by atoms with Crippen molar-refractivity contribution in [3.8, 4) is 5.75 Å². The number of aromatic nitrogens is 1. The van der Waals surface area contributed by atoms with E-state index in [1.807, 2.05) is 0 Å². The Labute approximate surface area is 66.2 Å². The minimum absolute atomic E-state index is 0.0900. The van der Waals surface area contributed by atoms with E-state index in [0.717, 1.165) is 0 Å². The lowest BCUT2D eigenvalue weighted by atomic mass is 10.5. The standard InChI is InChI=1S/C6H6BrNO/c1-9-6-2-3-8-4-5(6)7/h2-4H,1H3/i2D,3D,4D. The van der Waals surface area contributed by atoms with Crippen LogP contribution in [0.25, 0.3) is 0 Å².